The predicted octanol–water partition coefficient (Wildman–Crippen LogP) is 2.29. The molecule has 2 heterocycles. The van der Waals surface area contributed by atoms with Crippen LogP contribution in [-0.2, 0) is 6.54 Å². The van der Waals surface area contributed by atoms with Gasteiger partial charge in [0, 0.05) is 5.69 Å². The minimum atomic E-state index is 0.666. The fourth-order valence-corrected chi connectivity index (χ4v) is 1.65. The number of pyridine rings is 2. The van der Waals surface area contributed by atoms with Crippen LogP contribution in [0.25, 0.3) is 0 Å². The number of hydrogen-bond acceptors (Lipinski definition) is 4. The van der Waals surface area contributed by atoms with E-state index in [1.165, 1.54) is 0 Å². The normalized spacial score (nSPS) is 10.2. The van der Waals surface area contributed by atoms with Gasteiger partial charge in [-0.25, -0.2) is 4.98 Å². The lowest BCUT2D eigenvalue weighted by Crippen LogP contribution is -2.05. The minimum Gasteiger partial charge on any atom is -0.397 e. The molecule has 4 nitrogen and oxygen atoms in total. The van der Waals surface area contributed by atoms with Gasteiger partial charge in [-0.1, -0.05) is 6.07 Å². The van der Waals surface area contributed by atoms with Crippen LogP contribution in [-0.4, -0.2) is 9.97 Å². The van der Waals surface area contributed by atoms with Crippen LogP contribution >= 0.6 is 0 Å². The predicted molar refractivity (Wildman–Crippen MR) is 69.7 cm³/mol. The molecule has 0 bridgehead atoms. The van der Waals surface area contributed by atoms with Gasteiger partial charge < -0.3 is 11.1 Å². The molecule has 0 saturated heterocycles. The minimum absolute atomic E-state index is 0.666. The second kappa shape index (κ2) is 4.82. The van der Waals surface area contributed by atoms with Gasteiger partial charge in [0.2, 0.25) is 0 Å². The van der Waals surface area contributed by atoms with Crippen molar-refractivity contribution in [3.8, 4) is 0 Å². The van der Waals surface area contributed by atoms with Crippen LogP contribution in [0.15, 0.2) is 30.5 Å². The summed E-state index contributed by atoms with van der Waals surface area (Å²) in [5.41, 5.74) is 9.40. The average molecular weight is 228 g/mol. The third kappa shape index (κ3) is 2.93. The molecule has 0 aliphatic carbocycles. The number of nitrogens with two attached hydrogens (primary N) is 1. The summed E-state index contributed by atoms with van der Waals surface area (Å²) >= 11 is 0. The van der Waals surface area contributed by atoms with Gasteiger partial charge in [0.15, 0.2) is 0 Å². The van der Waals surface area contributed by atoms with E-state index in [1.54, 1.807) is 6.20 Å². The van der Waals surface area contributed by atoms with E-state index >= 15 is 0 Å². The van der Waals surface area contributed by atoms with E-state index in [-0.39, 0.29) is 0 Å². The average Bonchev–Trinajstić information content (AvgIpc) is 2.28. The Kier molecular flexibility index (Phi) is 3.23. The van der Waals surface area contributed by atoms with Crippen molar-refractivity contribution in [2.24, 2.45) is 0 Å². The van der Waals surface area contributed by atoms with Crippen LogP contribution < -0.4 is 11.1 Å². The molecule has 2 aromatic rings. The van der Waals surface area contributed by atoms with Gasteiger partial charge in [-0.2, -0.15) is 0 Å². The lowest BCUT2D eigenvalue weighted by molar-refractivity contribution is 1.000. The summed E-state index contributed by atoms with van der Waals surface area (Å²) in [4.78, 5) is 8.67. The Morgan fingerprint density at radius 2 is 2.12 bits per heavy atom. The number of aromatic nitrogens is 2. The highest BCUT2D eigenvalue weighted by Crippen LogP contribution is 2.14. The molecule has 4 heteroatoms. The molecule has 17 heavy (non-hydrogen) atoms. The second-order valence-electron chi connectivity index (χ2n) is 4.06. The summed E-state index contributed by atoms with van der Waals surface area (Å²) in [5.74, 6) is 0.850. The third-order valence-corrected chi connectivity index (χ3v) is 2.48. The Hall–Kier alpha value is -2.10. The summed E-state index contributed by atoms with van der Waals surface area (Å²) in [6.07, 6.45) is 1.65. The summed E-state index contributed by atoms with van der Waals surface area (Å²) < 4.78 is 0. The molecule has 0 spiro atoms. The molecule has 0 amide bonds. The van der Waals surface area contributed by atoms with E-state index in [9.17, 15) is 0 Å². The van der Waals surface area contributed by atoms with E-state index in [4.69, 9.17) is 5.73 Å². The van der Waals surface area contributed by atoms with Gasteiger partial charge in [0.1, 0.15) is 5.82 Å². The van der Waals surface area contributed by atoms with Gasteiger partial charge in [0.25, 0.3) is 0 Å². The van der Waals surface area contributed by atoms with Crippen LogP contribution in [0.1, 0.15) is 17.0 Å². The van der Waals surface area contributed by atoms with Crippen LogP contribution in [0.5, 0.6) is 0 Å². The molecule has 0 radical (unpaired) electrons. The highest BCUT2D eigenvalue weighted by Gasteiger charge is 2.01. The van der Waals surface area contributed by atoms with Gasteiger partial charge in [-0.15, -0.1) is 0 Å². The number of anilines is 2. The van der Waals surface area contributed by atoms with Gasteiger partial charge in [-0.3, -0.25) is 4.98 Å². The van der Waals surface area contributed by atoms with Gasteiger partial charge in [-0.05, 0) is 37.6 Å². The largest absolute Gasteiger partial charge is 0.397 e. The molecular weight excluding hydrogens is 212 g/mol. The van der Waals surface area contributed by atoms with Crippen molar-refractivity contribution in [2.45, 2.75) is 20.4 Å². The standard InChI is InChI=1S/C13H16N4/c1-9-6-11(14)7-15-13(9)16-8-12-5-3-4-10(2)17-12/h3-7H,8,14H2,1-2H3,(H,15,16). The Morgan fingerprint density at radius 3 is 2.82 bits per heavy atom. The van der Waals surface area contributed by atoms with Crippen molar-refractivity contribution >= 4 is 11.5 Å². The lowest BCUT2D eigenvalue weighted by Gasteiger charge is -2.08. The maximum absolute atomic E-state index is 5.65. The molecule has 0 aromatic carbocycles. The molecule has 0 saturated carbocycles. The van der Waals surface area contributed by atoms with E-state index in [0.29, 0.717) is 12.2 Å². The number of nitrogens with one attached hydrogen (secondary N) is 1. The Bertz CT molecular complexity index is 523. The quantitative estimate of drug-likeness (QED) is 0.846. The molecule has 0 aliphatic heterocycles. The van der Waals surface area contributed by atoms with E-state index in [2.05, 4.69) is 15.3 Å². The van der Waals surface area contributed by atoms with E-state index < -0.39 is 0 Å². The number of nitrogens with zero attached hydrogens (tertiary/aromatic N) is 2. The van der Waals surface area contributed by atoms with Crippen LogP contribution in [0.4, 0.5) is 11.5 Å². The first-order valence-electron chi connectivity index (χ1n) is 5.53. The number of aryl methyl sites for hydroxylation is 2. The Labute approximate surface area is 101 Å². The Morgan fingerprint density at radius 1 is 1.29 bits per heavy atom. The summed E-state index contributed by atoms with van der Waals surface area (Å²) in [5, 5.41) is 3.25. The van der Waals surface area contributed by atoms with Crippen molar-refractivity contribution < 1.29 is 0 Å². The fraction of sp³-hybridized carbons (Fsp3) is 0.231. The zero-order valence-electron chi connectivity index (χ0n) is 10.1. The highest BCUT2D eigenvalue weighted by molar-refractivity contribution is 5.50. The molecule has 2 rings (SSSR count). The van der Waals surface area contributed by atoms with Crippen LogP contribution in [0.3, 0.4) is 0 Å². The zero-order chi connectivity index (χ0) is 12.3. The highest BCUT2D eigenvalue weighted by atomic mass is 15.0. The topological polar surface area (TPSA) is 63.8 Å². The molecule has 0 fully saturated rings. The molecule has 0 aliphatic rings. The van der Waals surface area contributed by atoms with Crippen molar-refractivity contribution in [3.05, 3.63) is 47.4 Å². The van der Waals surface area contributed by atoms with Gasteiger partial charge in [0.05, 0.1) is 24.1 Å². The van der Waals surface area contributed by atoms with Crippen molar-refractivity contribution in [3.63, 3.8) is 0 Å². The molecule has 88 valence electrons. The van der Waals surface area contributed by atoms with Crippen LogP contribution in [0.2, 0.25) is 0 Å². The maximum Gasteiger partial charge on any atom is 0.129 e. The third-order valence-electron chi connectivity index (χ3n) is 2.48. The van der Waals surface area contributed by atoms with Crippen molar-refractivity contribution in [1.29, 1.82) is 0 Å². The van der Waals surface area contributed by atoms with E-state index in [1.807, 2.05) is 38.1 Å². The molecule has 0 unspecified atom stereocenters. The van der Waals surface area contributed by atoms with Gasteiger partial charge >= 0.3 is 0 Å². The molecule has 2 aromatic heterocycles. The first-order valence-corrected chi connectivity index (χ1v) is 5.53. The summed E-state index contributed by atoms with van der Waals surface area (Å²) in [7, 11) is 0. The fourth-order valence-electron chi connectivity index (χ4n) is 1.65. The SMILES string of the molecule is Cc1cccc(CNc2ncc(N)cc2C)n1. The van der Waals surface area contributed by atoms with E-state index in [0.717, 1.165) is 22.8 Å². The van der Waals surface area contributed by atoms with Crippen molar-refractivity contribution in [1.82, 2.24) is 9.97 Å². The summed E-state index contributed by atoms with van der Waals surface area (Å²) in [6.45, 7) is 4.63. The smallest absolute Gasteiger partial charge is 0.129 e. The zero-order valence-corrected chi connectivity index (χ0v) is 10.1. The Balaban J connectivity index is 2.07. The first-order chi connectivity index (χ1) is 8.15. The maximum atomic E-state index is 5.65. The second-order valence-corrected chi connectivity index (χ2v) is 4.06. The van der Waals surface area contributed by atoms with Crippen molar-refractivity contribution in [2.75, 3.05) is 11.1 Å². The number of hydrogen-bond donors (Lipinski definition) is 2. The lowest BCUT2D eigenvalue weighted by atomic mass is 10.2. The monoisotopic (exact) mass is 228 g/mol. The molecule has 0 atom stereocenters. The number of rotatable bonds is 3. The molecule has 3 N–H and O–H groups in total. The first kappa shape index (κ1) is 11.4. The summed E-state index contributed by atoms with van der Waals surface area (Å²) in [6, 6.07) is 7.88. The molecular formula is C13H16N4. The van der Waals surface area contributed by atoms with Crippen LogP contribution in [0, 0.1) is 13.8 Å². The number of nitrogen functional groups attached to an aromatic ring is 1.